The van der Waals surface area contributed by atoms with Gasteiger partial charge in [-0.15, -0.1) is 21.5 Å². The molecule has 6 nitrogen and oxygen atoms in total. The summed E-state index contributed by atoms with van der Waals surface area (Å²) in [6.45, 7) is 5.81. The molecular formula is C23H21N3O3S. The minimum atomic E-state index is -0.674. The summed E-state index contributed by atoms with van der Waals surface area (Å²) in [7, 11) is 0. The first kappa shape index (κ1) is 19.8. The molecule has 0 spiro atoms. The van der Waals surface area contributed by atoms with Crippen LogP contribution in [0.2, 0.25) is 0 Å². The Morgan fingerprint density at radius 1 is 1.03 bits per heavy atom. The lowest BCUT2D eigenvalue weighted by Crippen LogP contribution is -2.11. The number of rotatable bonds is 6. The first-order valence-corrected chi connectivity index (χ1v) is 10.4. The van der Waals surface area contributed by atoms with Crippen LogP contribution in [0.25, 0.3) is 10.8 Å². The number of para-hydroxylation sites is 1. The summed E-state index contributed by atoms with van der Waals surface area (Å²) in [5.74, 6) is 0.207. The van der Waals surface area contributed by atoms with Crippen molar-refractivity contribution in [2.24, 2.45) is 0 Å². The van der Waals surface area contributed by atoms with E-state index >= 15 is 0 Å². The molecule has 1 atom stereocenters. The van der Waals surface area contributed by atoms with Crippen LogP contribution in [0, 0.1) is 13.8 Å². The summed E-state index contributed by atoms with van der Waals surface area (Å²) >= 11 is 1.50. The molecule has 0 bridgehead atoms. The molecule has 2 aromatic carbocycles. The Morgan fingerprint density at radius 2 is 1.83 bits per heavy atom. The van der Waals surface area contributed by atoms with Crippen LogP contribution in [0.1, 0.15) is 40.4 Å². The van der Waals surface area contributed by atoms with Crippen molar-refractivity contribution in [3.8, 4) is 10.8 Å². The number of carbonyl (C=O) groups excluding carboxylic acids is 1. The maximum atomic E-state index is 12.9. The number of aromatic nitrogens is 2. The lowest BCUT2D eigenvalue weighted by Gasteiger charge is -2.15. The second-order valence-corrected chi connectivity index (χ2v) is 7.84. The predicted octanol–water partition coefficient (Wildman–Crippen LogP) is 6.08. The average molecular weight is 420 g/mol. The van der Waals surface area contributed by atoms with Crippen LogP contribution in [0.5, 0.6) is 0 Å². The molecular weight excluding hydrogens is 398 g/mol. The van der Waals surface area contributed by atoms with Crippen LogP contribution in [0.3, 0.4) is 0 Å². The van der Waals surface area contributed by atoms with Crippen molar-refractivity contribution in [3.63, 3.8) is 0 Å². The monoisotopic (exact) mass is 419 g/mol. The summed E-state index contributed by atoms with van der Waals surface area (Å²) in [6, 6.07) is 17.1. The third kappa shape index (κ3) is 4.11. The van der Waals surface area contributed by atoms with E-state index in [9.17, 15) is 4.79 Å². The Hall–Kier alpha value is -3.45. The highest BCUT2D eigenvalue weighted by molar-refractivity contribution is 7.13. The van der Waals surface area contributed by atoms with E-state index in [2.05, 4.69) is 28.5 Å². The van der Waals surface area contributed by atoms with E-state index in [-0.39, 0.29) is 5.89 Å². The van der Waals surface area contributed by atoms with Gasteiger partial charge in [0, 0.05) is 5.69 Å². The quantitative estimate of drug-likeness (QED) is 0.382. The zero-order valence-electron chi connectivity index (χ0n) is 16.9. The Morgan fingerprint density at radius 3 is 2.63 bits per heavy atom. The zero-order valence-corrected chi connectivity index (χ0v) is 17.7. The molecule has 0 aliphatic rings. The molecule has 2 heterocycles. The first-order valence-electron chi connectivity index (χ1n) is 9.53. The van der Waals surface area contributed by atoms with Crippen molar-refractivity contribution in [1.29, 1.82) is 0 Å². The number of aryl methyl sites for hydroxylation is 1. The lowest BCUT2D eigenvalue weighted by atomic mass is 10.1. The van der Waals surface area contributed by atoms with Gasteiger partial charge in [-0.3, -0.25) is 0 Å². The Balaban J connectivity index is 1.52. The third-order valence-electron chi connectivity index (χ3n) is 4.83. The van der Waals surface area contributed by atoms with Gasteiger partial charge >= 0.3 is 5.97 Å². The van der Waals surface area contributed by atoms with Crippen molar-refractivity contribution in [1.82, 2.24) is 10.2 Å². The molecule has 0 aliphatic heterocycles. The van der Waals surface area contributed by atoms with Gasteiger partial charge in [0.1, 0.15) is 0 Å². The van der Waals surface area contributed by atoms with Gasteiger partial charge < -0.3 is 14.5 Å². The average Bonchev–Trinajstić information content (AvgIpc) is 3.43. The molecule has 0 fully saturated rings. The lowest BCUT2D eigenvalue weighted by molar-refractivity contribution is 0.0281. The van der Waals surface area contributed by atoms with Crippen LogP contribution in [0.15, 0.2) is 64.4 Å². The minimum absolute atomic E-state index is 0.256. The van der Waals surface area contributed by atoms with Crippen molar-refractivity contribution < 1.29 is 13.9 Å². The van der Waals surface area contributed by atoms with Crippen molar-refractivity contribution in [2.45, 2.75) is 26.9 Å². The van der Waals surface area contributed by atoms with E-state index in [1.54, 1.807) is 19.1 Å². The number of carbonyl (C=O) groups is 1. The van der Waals surface area contributed by atoms with Crippen LogP contribution < -0.4 is 5.32 Å². The summed E-state index contributed by atoms with van der Waals surface area (Å²) in [6.07, 6.45) is -0.674. The van der Waals surface area contributed by atoms with Crippen LogP contribution >= 0.6 is 11.3 Å². The maximum absolute atomic E-state index is 12.9. The van der Waals surface area contributed by atoms with E-state index < -0.39 is 12.1 Å². The number of nitrogens with one attached hydrogen (secondary N) is 1. The smallest absolute Gasteiger partial charge is 0.341 e. The molecule has 0 saturated heterocycles. The number of ether oxygens (including phenoxy) is 1. The summed E-state index contributed by atoms with van der Waals surface area (Å²) < 4.78 is 11.3. The Kier molecular flexibility index (Phi) is 5.63. The second kappa shape index (κ2) is 8.51. The molecule has 0 radical (unpaired) electrons. The zero-order chi connectivity index (χ0) is 21.1. The van der Waals surface area contributed by atoms with Crippen LogP contribution in [-0.4, -0.2) is 16.2 Å². The van der Waals surface area contributed by atoms with Crippen molar-refractivity contribution in [3.05, 3.63) is 82.6 Å². The molecule has 0 saturated carbocycles. The van der Waals surface area contributed by atoms with Crippen molar-refractivity contribution in [2.75, 3.05) is 5.32 Å². The third-order valence-corrected chi connectivity index (χ3v) is 5.68. The maximum Gasteiger partial charge on any atom is 0.341 e. The summed E-state index contributed by atoms with van der Waals surface area (Å²) in [5, 5.41) is 13.3. The SMILES string of the molecule is Cc1cccc(Nc2ccccc2C(=O)O[C@H](C)c2nnc(-c3cccs3)o2)c1C. The number of anilines is 2. The number of benzene rings is 2. The van der Waals surface area contributed by atoms with Crippen molar-refractivity contribution >= 4 is 28.7 Å². The van der Waals surface area contributed by atoms with E-state index in [0.717, 1.165) is 16.1 Å². The number of nitrogens with zero attached hydrogens (tertiary/aromatic N) is 2. The molecule has 2 aromatic heterocycles. The highest BCUT2D eigenvalue weighted by Crippen LogP contribution is 2.29. The summed E-state index contributed by atoms with van der Waals surface area (Å²) in [5.41, 5.74) is 4.35. The van der Waals surface area contributed by atoms with Gasteiger partial charge in [-0.1, -0.05) is 30.3 Å². The molecule has 1 N–H and O–H groups in total. The Labute approximate surface area is 178 Å². The van der Waals surface area contributed by atoms with Gasteiger partial charge in [0.2, 0.25) is 0 Å². The Bertz CT molecular complexity index is 1170. The van der Waals surface area contributed by atoms with E-state index in [4.69, 9.17) is 9.15 Å². The number of thiophene rings is 1. The van der Waals surface area contributed by atoms with Gasteiger partial charge in [0.15, 0.2) is 6.10 Å². The van der Waals surface area contributed by atoms with E-state index in [1.807, 2.05) is 48.7 Å². The molecule has 4 rings (SSSR count). The largest absolute Gasteiger partial charge is 0.449 e. The van der Waals surface area contributed by atoms with E-state index in [0.29, 0.717) is 17.1 Å². The molecule has 30 heavy (non-hydrogen) atoms. The molecule has 0 amide bonds. The highest BCUT2D eigenvalue weighted by Gasteiger charge is 2.22. The van der Waals surface area contributed by atoms with Gasteiger partial charge in [-0.25, -0.2) is 4.79 Å². The number of hydrogen-bond donors (Lipinski definition) is 1. The second-order valence-electron chi connectivity index (χ2n) is 6.89. The molecule has 0 aliphatic carbocycles. The number of esters is 1. The molecule has 0 unspecified atom stereocenters. The normalized spacial score (nSPS) is 11.8. The van der Waals surface area contributed by atoms with Gasteiger partial charge in [-0.2, -0.15) is 0 Å². The minimum Gasteiger partial charge on any atom is -0.449 e. The van der Waals surface area contributed by atoms with E-state index in [1.165, 1.54) is 16.9 Å². The predicted molar refractivity (Wildman–Crippen MR) is 117 cm³/mol. The topological polar surface area (TPSA) is 77.2 Å². The van der Waals surface area contributed by atoms with Gasteiger partial charge in [-0.05, 0) is 61.5 Å². The van der Waals surface area contributed by atoms with Gasteiger partial charge in [0.05, 0.1) is 16.1 Å². The molecule has 7 heteroatoms. The standard InChI is InChI=1S/C23H21N3O3S/c1-14-8-6-11-18(15(14)2)24-19-10-5-4-9-17(19)23(27)28-16(3)21-25-26-22(29-21)20-12-7-13-30-20/h4-13,16,24H,1-3H3/t16-/m1/s1. The fraction of sp³-hybridized carbons (Fsp3) is 0.174. The summed E-state index contributed by atoms with van der Waals surface area (Å²) in [4.78, 5) is 13.7. The van der Waals surface area contributed by atoms with Crippen LogP contribution in [-0.2, 0) is 4.74 Å². The molecule has 152 valence electrons. The molecule has 4 aromatic rings. The fourth-order valence-corrected chi connectivity index (χ4v) is 3.62. The fourth-order valence-electron chi connectivity index (χ4n) is 2.97. The highest BCUT2D eigenvalue weighted by atomic mass is 32.1. The number of hydrogen-bond acceptors (Lipinski definition) is 7. The van der Waals surface area contributed by atoms with Gasteiger partial charge in [0.25, 0.3) is 11.8 Å². The van der Waals surface area contributed by atoms with Crippen LogP contribution in [0.4, 0.5) is 11.4 Å². The first-order chi connectivity index (χ1) is 14.5.